The second kappa shape index (κ2) is 17.6. The zero-order valence-corrected chi connectivity index (χ0v) is 32.5. The summed E-state index contributed by atoms with van der Waals surface area (Å²) in [5.41, 5.74) is 2.79. The highest BCUT2D eigenvalue weighted by Crippen LogP contribution is 2.47. The first-order valence-electron chi connectivity index (χ1n) is 19.3. The first-order chi connectivity index (χ1) is 28.5. The van der Waals surface area contributed by atoms with Gasteiger partial charge < -0.3 is 39.4 Å². The highest BCUT2D eigenvalue weighted by atomic mass is 16.8. The fourth-order valence-corrected chi connectivity index (χ4v) is 7.21. The molecule has 304 valence electrons. The number of hydrogen-bond donors (Lipinski definition) is 3. The molecule has 1 aliphatic carbocycles. The minimum absolute atomic E-state index is 0.00323. The normalized spacial score (nSPS) is 21.5. The van der Waals surface area contributed by atoms with Gasteiger partial charge in [0.15, 0.2) is 0 Å². The van der Waals surface area contributed by atoms with E-state index in [1.165, 1.54) is 12.2 Å². The maximum Gasteiger partial charge on any atom is 0.348 e. The molecule has 13 heteroatoms. The van der Waals surface area contributed by atoms with Gasteiger partial charge in [-0.2, -0.15) is 0 Å². The predicted molar refractivity (Wildman–Crippen MR) is 213 cm³/mol. The van der Waals surface area contributed by atoms with Crippen LogP contribution in [0.3, 0.4) is 0 Å². The third-order valence-electron chi connectivity index (χ3n) is 10.3. The van der Waals surface area contributed by atoms with Gasteiger partial charge in [-0.1, -0.05) is 98.8 Å². The number of rotatable bonds is 13. The molecular formula is C46H44N2O11. The van der Waals surface area contributed by atoms with Gasteiger partial charge >= 0.3 is 17.9 Å². The van der Waals surface area contributed by atoms with E-state index in [0.717, 1.165) is 0 Å². The van der Waals surface area contributed by atoms with Crippen molar-refractivity contribution in [3.63, 3.8) is 0 Å². The summed E-state index contributed by atoms with van der Waals surface area (Å²) >= 11 is 0. The Hall–Kier alpha value is -6.41. The SMILES string of the molecule is CC1(C)COC(=O)[C@@H]1OC(=O)C=Cc1cccc(C(=O)O[C@@H]2CC(C(=O)NCc3cccc(C(=O)NCCO)c3)=C[C@H]3OC(c4ccccc4)(c4ccccc4)O[C@H]32)c1. The number of esters is 3. The van der Waals surface area contributed by atoms with E-state index in [4.69, 9.17) is 28.8 Å². The number of cyclic esters (lactones) is 1. The van der Waals surface area contributed by atoms with Crippen LogP contribution in [0.4, 0.5) is 0 Å². The molecule has 2 saturated heterocycles. The van der Waals surface area contributed by atoms with Crippen molar-refractivity contribution in [2.24, 2.45) is 5.41 Å². The zero-order chi connectivity index (χ0) is 41.6. The molecule has 0 saturated carbocycles. The van der Waals surface area contributed by atoms with Crippen molar-refractivity contribution in [3.05, 3.63) is 160 Å². The van der Waals surface area contributed by atoms with Gasteiger partial charge in [0.2, 0.25) is 17.8 Å². The van der Waals surface area contributed by atoms with Crippen LogP contribution in [0.5, 0.6) is 0 Å². The van der Waals surface area contributed by atoms with Crippen LogP contribution in [0.2, 0.25) is 0 Å². The summed E-state index contributed by atoms with van der Waals surface area (Å²) in [6.07, 6.45) is 0.685. The molecule has 0 unspecified atom stereocenters. The predicted octanol–water partition coefficient (Wildman–Crippen LogP) is 4.77. The molecular weight excluding hydrogens is 757 g/mol. The van der Waals surface area contributed by atoms with Gasteiger partial charge in [0.25, 0.3) is 5.91 Å². The number of hydrogen-bond acceptors (Lipinski definition) is 11. The van der Waals surface area contributed by atoms with Gasteiger partial charge in [-0.25, -0.2) is 14.4 Å². The van der Waals surface area contributed by atoms with Crippen molar-refractivity contribution >= 4 is 35.8 Å². The van der Waals surface area contributed by atoms with Crippen LogP contribution < -0.4 is 10.6 Å². The Morgan fingerprint density at radius 3 is 2.19 bits per heavy atom. The molecule has 4 aromatic carbocycles. The maximum absolute atomic E-state index is 13.9. The first kappa shape index (κ1) is 40.8. The molecule has 4 aromatic rings. The molecule has 0 spiro atoms. The zero-order valence-electron chi connectivity index (χ0n) is 32.5. The van der Waals surface area contributed by atoms with Crippen LogP contribution in [-0.2, 0) is 50.4 Å². The summed E-state index contributed by atoms with van der Waals surface area (Å²) in [5.74, 6) is -4.21. The maximum atomic E-state index is 13.9. The molecule has 7 rings (SSSR count). The smallest absolute Gasteiger partial charge is 0.348 e. The Morgan fingerprint density at radius 1 is 0.814 bits per heavy atom. The Morgan fingerprint density at radius 2 is 1.51 bits per heavy atom. The van der Waals surface area contributed by atoms with Gasteiger partial charge in [0, 0.05) is 53.3 Å². The van der Waals surface area contributed by atoms with Crippen LogP contribution in [0.15, 0.2) is 127 Å². The molecule has 3 aliphatic rings. The average Bonchev–Trinajstić information content (AvgIpc) is 3.78. The monoisotopic (exact) mass is 800 g/mol. The molecule has 4 atom stereocenters. The summed E-state index contributed by atoms with van der Waals surface area (Å²) in [7, 11) is 0. The lowest BCUT2D eigenvalue weighted by Gasteiger charge is -2.31. The molecule has 59 heavy (non-hydrogen) atoms. The molecule has 13 nitrogen and oxygen atoms in total. The number of benzene rings is 4. The Labute approximate surface area is 341 Å². The number of fused-ring (bicyclic) bond motifs is 1. The molecule has 0 radical (unpaired) electrons. The van der Waals surface area contributed by atoms with Crippen LogP contribution >= 0.6 is 0 Å². The minimum Gasteiger partial charge on any atom is -0.462 e. The van der Waals surface area contributed by atoms with E-state index in [2.05, 4.69) is 10.6 Å². The standard InChI is InChI=1S/C46H44N2O11/c1-45(2)28-55-44(54)40(45)57-38(50)20-19-29-11-9-14-32(23-29)43(53)56-36-25-33(42(52)48-27-30-12-10-13-31(24-30)41(51)47-21-22-49)26-37-39(36)59-46(58-37,34-15-5-3-6-16-34)35-17-7-4-8-18-35/h3-20,23-24,26,36-37,39-40,49H,21-22,25,27-28H2,1-2H3,(H,47,51)(H,48,52)/t36-,37-,39+,40+/m1/s1. The van der Waals surface area contributed by atoms with Crippen molar-refractivity contribution < 1.29 is 52.8 Å². The summed E-state index contributed by atoms with van der Waals surface area (Å²) in [6, 6.07) is 32.0. The van der Waals surface area contributed by atoms with Crippen LogP contribution in [-0.4, -0.2) is 79.0 Å². The van der Waals surface area contributed by atoms with Crippen LogP contribution in [0, 0.1) is 5.41 Å². The molecule has 2 heterocycles. The second-order valence-electron chi connectivity index (χ2n) is 15.1. The van der Waals surface area contributed by atoms with E-state index in [1.807, 2.05) is 60.7 Å². The topological polar surface area (TPSA) is 176 Å². The number of aliphatic hydroxyl groups excluding tert-OH is 1. The molecule has 2 amide bonds. The number of aliphatic hydroxyl groups is 1. The number of amides is 2. The lowest BCUT2D eigenvalue weighted by Crippen LogP contribution is -2.43. The quantitative estimate of drug-likeness (QED) is 0.0965. The van der Waals surface area contributed by atoms with Gasteiger partial charge in [-0.3, -0.25) is 9.59 Å². The van der Waals surface area contributed by atoms with Gasteiger partial charge in [0.05, 0.1) is 12.2 Å². The van der Waals surface area contributed by atoms with E-state index in [-0.39, 0.29) is 44.2 Å². The third-order valence-corrected chi connectivity index (χ3v) is 10.3. The molecule has 0 bridgehead atoms. The fourth-order valence-electron chi connectivity index (χ4n) is 7.21. The lowest BCUT2D eigenvalue weighted by molar-refractivity contribution is -0.159. The highest BCUT2D eigenvalue weighted by Gasteiger charge is 2.55. The number of ether oxygens (including phenoxy) is 5. The van der Waals surface area contributed by atoms with Crippen LogP contribution in [0.25, 0.3) is 6.08 Å². The summed E-state index contributed by atoms with van der Waals surface area (Å²) in [5, 5.41) is 14.6. The highest BCUT2D eigenvalue weighted by molar-refractivity contribution is 5.96. The van der Waals surface area contributed by atoms with Gasteiger partial charge in [0.1, 0.15) is 24.9 Å². The van der Waals surface area contributed by atoms with Crippen molar-refractivity contribution in [1.29, 1.82) is 0 Å². The van der Waals surface area contributed by atoms with Crippen molar-refractivity contribution in [3.8, 4) is 0 Å². The van der Waals surface area contributed by atoms with Crippen molar-refractivity contribution in [2.45, 2.75) is 57.0 Å². The first-order valence-corrected chi connectivity index (χ1v) is 19.3. The second-order valence-corrected chi connectivity index (χ2v) is 15.1. The number of nitrogens with one attached hydrogen (secondary N) is 2. The van der Waals surface area contributed by atoms with Gasteiger partial charge in [-0.05, 0) is 47.5 Å². The average molecular weight is 801 g/mol. The molecule has 2 aliphatic heterocycles. The summed E-state index contributed by atoms with van der Waals surface area (Å²) in [4.78, 5) is 65.0. The molecule has 2 fully saturated rings. The third kappa shape index (κ3) is 9.18. The Balaban J connectivity index is 1.12. The van der Waals surface area contributed by atoms with Gasteiger partial charge in [-0.15, -0.1) is 0 Å². The van der Waals surface area contributed by atoms with Crippen LogP contribution in [0.1, 0.15) is 63.2 Å². The largest absolute Gasteiger partial charge is 0.462 e. The minimum atomic E-state index is -1.40. The van der Waals surface area contributed by atoms with E-state index >= 15 is 0 Å². The summed E-state index contributed by atoms with van der Waals surface area (Å²) < 4.78 is 30.2. The van der Waals surface area contributed by atoms with Crippen molar-refractivity contribution in [1.82, 2.24) is 10.6 Å². The fraction of sp³-hybridized carbons (Fsp3) is 0.283. The van der Waals surface area contributed by atoms with E-state index in [1.54, 1.807) is 68.5 Å². The van der Waals surface area contributed by atoms with E-state index < -0.39 is 59.4 Å². The summed E-state index contributed by atoms with van der Waals surface area (Å²) in [6.45, 7) is 3.70. The number of carbonyl (C=O) groups is 5. The van der Waals surface area contributed by atoms with E-state index in [0.29, 0.717) is 33.4 Å². The Bertz CT molecular complexity index is 2230. The Kier molecular flexibility index (Phi) is 12.2. The van der Waals surface area contributed by atoms with Crippen molar-refractivity contribution in [2.75, 3.05) is 19.8 Å². The lowest BCUT2D eigenvalue weighted by atomic mass is 9.90. The number of carbonyl (C=O) groups excluding carboxylic acids is 5. The molecule has 0 aromatic heterocycles. The van der Waals surface area contributed by atoms with E-state index in [9.17, 15) is 24.0 Å². The molecule has 3 N–H and O–H groups in total.